The summed E-state index contributed by atoms with van der Waals surface area (Å²) in [5.74, 6) is 2.27. The maximum atomic E-state index is 12.3. The fourth-order valence-electron chi connectivity index (χ4n) is 5.76. The molecule has 128 valence electrons. The van der Waals surface area contributed by atoms with Gasteiger partial charge >= 0.3 is 6.09 Å². The van der Waals surface area contributed by atoms with E-state index in [4.69, 9.17) is 4.74 Å². The van der Waals surface area contributed by atoms with Gasteiger partial charge in [0, 0.05) is 6.42 Å². The van der Waals surface area contributed by atoms with Gasteiger partial charge < -0.3 is 4.74 Å². The van der Waals surface area contributed by atoms with Crippen molar-refractivity contribution in [2.75, 3.05) is 0 Å². The van der Waals surface area contributed by atoms with Crippen molar-refractivity contribution >= 4 is 12.0 Å². The van der Waals surface area contributed by atoms with E-state index in [1.54, 1.807) is 0 Å². The van der Waals surface area contributed by atoms with Crippen molar-refractivity contribution in [3.05, 3.63) is 35.9 Å². The Labute approximate surface area is 143 Å². The molecular weight excluding hydrogens is 302 g/mol. The zero-order valence-corrected chi connectivity index (χ0v) is 14.0. The smallest absolute Gasteiger partial charge is 0.414 e. The van der Waals surface area contributed by atoms with Gasteiger partial charge in [0.05, 0.1) is 0 Å². The molecule has 1 aromatic carbocycles. The molecule has 0 unspecified atom stereocenters. The van der Waals surface area contributed by atoms with Gasteiger partial charge in [-0.3, -0.25) is 10.1 Å². The van der Waals surface area contributed by atoms with E-state index in [0.717, 1.165) is 23.3 Å². The Bertz CT molecular complexity index is 590. The minimum Gasteiger partial charge on any atom is -0.444 e. The van der Waals surface area contributed by atoms with Crippen LogP contribution in [0, 0.1) is 23.2 Å². The van der Waals surface area contributed by atoms with Crippen LogP contribution in [-0.4, -0.2) is 12.0 Å². The van der Waals surface area contributed by atoms with Gasteiger partial charge in [0.2, 0.25) is 5.91 Å². The second-order valence-corrected chi connectivity index (χ2v) is 8.20. The van der Waals surface area contributed by atoms with Crippen molar-refractivity contribution in [3.8, 4) is 0 Å². The van der Waals surface area contributed by atoms with Gasteiger partial charge in [-0.15, -0.1) is 0 Å². The minimum atomic E-state index is -0.631. The van der Waals surface area contributed by atoms with Crippen LogP contribution >= 0.6 is 0 Å². The minimum absolute atomic E-state index is 0.151. The first-order valence-corrected chi connectivity index (χ1v) is 9.11. The molecule has 24 heavy (non-hydrogen) atoms. The Morgan fingerprint density at radius 1 is 1.00 bits per heavy atom. The lowest BCUT2D eigenvalue weighted by atomic mass is 9.49. The second-order valence-electron chi connectivity index (χ2n) is 8.20. The maximum absolute atomic E-state index is 12.3. The van der Waals surface area contributed by atoms with E-state index < -0.39 is 6.09 Å². The van der Waals surface area contributed by atoms with Gasteiger partial charge in [0.25, 0.3) is 0 Å². The molecular formula is C20H25NO3. The molecule has 4 aliphatic carbocycles. The Morgan fingerprint density at radius 3 is 2.17 bits per heavy atom. The van der Waals surface area contributed by atoms with Crippen molar-refractivity contribution in [1.82, 2.24) is 5.32 Å². The van der Waals surface area contributed by atoms with Crippen LogP contribution in [0.1, 0.15) is 50.5 Å². The predicted molar refractivity (Wildman–Crippen MR) is 90.0 cm³/mol. The number of carbonyl (C=O) groups is 2. The number of ether oxygens (including phenoxy) is 1. The molecule has 4 saturated carbocycles. The lowest BCUT2D eigenvalue weighted by Crippen LogP contribution is -2.48. The molecule has 5 rings (SSSR count). The SMILES string of the molecule is O=C(CC12CC3CC(CC(C3)C1)C2)NC(=O)OCc1ccccc1. The van der Waals surface area contributed by atoms with Crippen LogP contribution in [0.4, 0.5) is 4.79 Å². The lowest BCUT2D eigenvalue weighted by Gasteiger charge is -2.56. The van der Waals surface area contributed by atoms with Crippen molar-refractivity contribution in [2.45, 2.75) is 51.6 Å². The van der Waals surface area contributed by atoms with E-state index in [2.05, 4.69) is 5.32 Å². The average Bonchev–Trinajstić information content (AvgIpc) is 2.52. The molecule has 0 radical (unpaired) electrons. The molecule has 4 nitrogen and oxygen atoms in total. The number of nitrogens with one attached hydrogen (secondary N) is 1. The van der Waals surface area contributed by atoms with Gasteiger partial charge in [-0.2, -0.15) is 0 Å². The number of rotatable bonds is 4. The highest BCUT2D eigenvalue weighted by atomic mass is 16.5. The molecule has 4 bridgehead atoms. The number of benzene rings is 1. The summed E-state index contributed by atoms with van der Waals surface area (Å²) in [4.78, 5) is 24.2. The topological polar surface area (TPSA) is 55.4 Å². The third kappa shape index (κ3) is 3.33. The van der Waals surface area contributed by atoms with Crippen LogP contribution in [0.3, 0.4) is 0 Å². The van der Waals surface area contributed by atoms with Crippen molar-refractivity contribution in [3.63, 3.8) is 0 Å². The molecule has 0 aliphatic heterocycles. The van der Waals surface area contributed by atoms with Gasteiger partial charge in [-0.05, 0) is 67.3 Å². The van der Waals surface area contributed by atoms with Crippen LogP contribution in [0.2, 0.25) is 0 Å². The summed E-state index contributed by atoms with van der Waals surface area (Å²) in [6.45, 7) is 0.192. The molecule has 1 aromatic rings. The summed E-state index contributed by atoms with van der Waals surface area (Å²) in [7, 11) is 0. The van der Waals surface area contributed by atoms with Crippen molar-refractivity contribution in [2.24, 2.45) is 23.2 Å². The van der Waals surface area contributed by atoms with Crippen LogP contribution in [0.15, 0.2) is 30.3 Å². The standard InChI is InChI=1S/C20H25NO3/c22-18(21-19(23)24-13-14-4-2-1-3-5-14)12-20-9-15-6-16(10-20)8-17(7-15)11-20/h1-5,15-17H,6-13H2,(H,21,22,23). The van der Waals surface area contributed by atoms with Crippen molar-refractivity contribution < 1.29 is 14.3 Å². The number of amides is 2. The lowest BCUT2D eigenvalue weighted by molar-refractivity contribution is -0.128. The highest BCUT2D eigenvalue weighted by Gasteiger charge is 2.51. The number of imide groups is 1. The van der Waals surface area contributed by atoms with E-state index in [0.29, 0.717) is 6.42 Å². The van der Waals surface area contributed by atoms with Crippen molar-refractivity contribution in [1.29, 1.82) is 0 Å². The van der Waals surface area contributed by atoms with E-state index in [1.165, 1.54) is 38.5 Å². The van der Waals surface area contributed by atoms with Gasteiger partial charge in [-0.25, -0.2) is 4.79 Å². The number of hydrogen-bond donors (Lipinski definition) is 1. The average molecular weight is 327 g/mol. The Hall–Kier alpha value is -1.84. The third-order valence-corrected chi connectivity index (χ3v) is 6.15. The van der Waals surface area contributed by atoms with E-state index in [1.807, 2.05) is 30.3 Å². The third-order valence-electron chi connectivity index (χ3n) is 6.15. The van der Waals surface area contributed by atoms with Gasteiger partial charge in [0.1, 0.15) is 6.61 Å². The van der Waals surface area contributed by atoms with Crippen LogP contribution in [-0.2, 0) is 16.1 Å². The first-order valence-electron chi connectivity index (χ1n) is 9.11. The molecule has 4 fully saturated rings. The predicted octanol–water partition coefficient (Wildman–Crippen LogP) is 4.05. The zero-order chi connectivity index (χ0) is 16.6. The molecule has 0 spiro atoms. The van der Waals surface area contributed by atoms with E-state index in [-0.39, 0.29) is 17.9 Å². The number of hydrogen-bond acceptors (Lipinski definition) is 3. The molecule has 1 N–H and O–H groups in total. The Kier molecular flexibility index (Phi) is 4.07. The number of alkyl carbamates (subject to hydrolysis) is 1. The Morgan fingerprint density at radius 2 is 1.58 bits per heavy atom. The summed E-state index contributed by atoms with van der Waals surface area (Å²) in [5, 5.41) is 2.43. The largest absolute Gasteiger partial charge is 0.444 e. The Balaban J connectivity index is 1.28. The molecule has 4 heteroatoms. The van der Waals surface area contributed by atoms with Crippen LogP contribution in [0.5, 0.6) is 0 Å². The highest BCUT2D eigenvalue weighted by Crippen LogP contribution is 2.61. The van der Waals surface area contributed by atoms with Crippen LogP contribution in [0.25, 0.3) is 0 Å². The fourth-order valence-corrected chi connectivity index (χ4v) is 5.76. The van der Waals surface area contributed by atoms with E-state index >= 15 is 0 Å². The first-order chi connectivity index (χ1) is 11.6. The van der Waals surface area contributed by atoms with Gasteiger partial charge in [0.15, 0.2) is 0 Å². The summed E-state index contributed by atoms with van der Waals surface area (Å²) >= 11 is 0. The summed E-state index contributed by atoms with van der Waals surface area (Å²) < 4.78 is 5.15. The fraction of sp³-hybridized carbons (Fsp3) is 0.600. The number of carbonyl (C=O) groups excluding carboxylic acids is 2. The molecule has 0 heterocycles. The monoisotopic (exact) mass is 327 g/mol. The molecule has 2 amide bonds. The first kappa shape index (κ1) is 15.7. The van der Waals surface area contributed by atoms with Crippen LogP contribution < -0.4 is 5.32 Å². The summed E-state index contributed by atoms with van der Waals surface area (Å²) in [6, 6.07) is 9.50. The van der Waals surface area contributed by atoms with E-state index in [9.17, 15) is 9.59 Å². The maximum Gasteiger partial charge on any atom is 0.414 e. The molecule has 0 atom stereocenters. The van der Waals surface area contributed by atoms with Gasteiger partial charge in [-0.1, -0.05) is 30.3 Å². The zero-order valence-electron chi connectivity index (χ0n) is 14.0. The molecule has 0 saturated heterocycles. The normalized spacial score (nSPS) is 33.2. The molecule has 4 aliphatic rings. The highest BCUT2D eigenvalue weighted by molar-refractivity contribution is 5.92. The quantitative estimate of drug-likeness (QED) is 0.908. The second kappa shape index (κ2) is 6.23. The summed E-state index contributed by atoms with van der Waals surface area (Å²) in [5.41, 5.74) is 1.07. The molecule has 0 aromatic heterocycles. The summed E-state index contributed by atoms with van der Waals surface area (Å²) in [6.07, 6.45) is 7.45.